The Morgan fingerprint density at radius 3 is 2.29 bits per heavy atom. The molecule has 2 fully saturated rings. The fourth-order valence-electron chi connectivity index (χ4n) is 7.38. The molecule has 4 heterocycles. The fourth-order valence-corrected chi connectivity index (χ4v) is 7.55. The van der Waals surface area contributed by atoms with Crippen molar-refractivity contribution in [2.75, 3.05) is 36.5 Å². The molecule has 4 aromatic carbocycles. The van der Waals surface area contributed by atoms with Crippen molar-refractivity contribution in [1.29, 1.82) is 5.41 Å². The first kappa shape index (κ1) is 46.7. The third kappa shape index (κ3) is 12.0. The molecular formula is C47H49ClN10O7. The number of amides is 5. The molecule has 0 saturated carbocycles. The summed E-state index contributed by atoms with van der Waals surface area (Å²) in [6.07, 6.45) is 5.24. The number of nitrogens with one attached hydrogen (secondary N) is 3. The van der Waals surface area contributed by atoms with Crippen molar-refractivity contribution in [2.45, 2.75) is 51.2 Å². The second kappa shape index (κ2) is 22.0. The van der Waals surface area contributed by atoms with Crippen LogP contribution in [0.1, 0.15) is 64.7 Å². The van der Waals surface area contributed by atoms with Crippen LogP contribution in [-0.4, -0.2) is 81.3 Å². The Labute approximate surface area is 380 Å². The molecule has 65 heavy (non-hydrogen) atoms. The highest BCUT2D eigenvalue weighted by Gasteiger charge is 2.39. The zero-order valence-electron chi connectivity index (χ0n) is 35.4. The molecule has 5 aromatic rings. The number of rotatable bonds is 12. The SMILES string of the molecule is C=C(COc1ccc(Cl)cc1NCc1ccc2c(c1)CN(C1CCC(=O)NC1=O)C2=O)C(=O)N1CCCCC1.N=C(c1ccc(Oc2ccccc2)cc1)c1c(N)ncnc1N.NC=O. The van der Waals surface area contributed by atoms with E-state index in [0.717, 1.165) is 49.2 Å². The number of hydrogen-bond acceptors (Lipinski definition) is 13. The summed E-state index contributed by atoms with van der Waals surface area (Å²) in [6, 6.07) is 26.8. The predicted molar refractivity (Wildman–Crippen MR) is 246 cm³/mol. The topological polar surface area (TPSA) is 262 Å². The quantitative estimate of drug-likeness (QED) is 0.0386. The van der Waals surface area contributed by atoms with Crippen LogP contribution in [0.25, 0.3) is 0 Å². The number of carbonyl (C=O) groups excluding carboxylic acids is 5. The molecule has 8 rings (SSSR count). The number of piperidine rings is 2. The minimum Gasteiger partial charge on any atom is -0.487 e. The summed E-state index contributed by atoms with van der Waals surface area (Å²) in [4.78, 5) is 69.1. The second-order valence-electron chi connectivity index (χ2n) is 15.1. The summed E-state index contributed by atoms with van der Waals surface area (Å²) in [5, 5.41) is 14.5. The number of fused-ring (bicyclic) bond motifs is 1. The molecule has 0 aliphatic carbocycles. The maximum Gasteiger partial charge on any atom is 0.255 e. The first-order valence-corrected chi connectivity index (χ1v) is 21.1. The molecule has 0 radical (unpaired) electrons. The van der Waals surface area contributed by atoms with Crippen LogP contribution in [0, 0.1) is 5.41 Å². The molecule has 1 unspecified atom stereocenters. The molecule has 3 aliphatic heterocycles. The Morgan fingerprint density at radius 2 is 1.62 bits per heavy atom. The van der Waals surface area contributed by atoms with E-state index in [9.17, 15) is 19.2 Å². The van der Waals surface area contributed by atoms with Gasteiger partial charge in [0.15, 0.2) is 0 Å². The number of para-hydroxylation sites is 1. The normalized spacial score (nSPS) is 15.2. The number of halogens is 1. The van der Waals surface area contributed by atoms with Gasteiger partial charge in [-0.25, -0.2) is 9.97 Å². The Kier molecular flexibility index (Phi) is 15.8. The van der Waals surface area contributed by atoms with Crippen LogP contribution in [-0.2, 0) is 32.3 Å². The van der Waals surface area contributed by atoms with E-state index < -0.39 is 11.9 Å². The number of aromatic nitrogens is 2. The molecule has 5 amide bonds. The highest BCUT2D eigenvalue weighted by atomic mass is 35.5. The van der Waals surface area contributed by atoms with E-state index in [-0.39, 0.29) is 54.5 Å². The van der Waals surface area contributed by atoms with E-state index in [4.69, 9.17) is 42.7 Å². The number of nitrogens with zero attached hydrogens (tertiary/aromatic N) is 4. The predicted octanol–water partition coefficient (Wildman–Crippen LogP) is 5.61. The van der Waals surface area contributed by atoms with Gasteiger partial charge in [-0.15, -0.1) is 0 Å². The van der Waals surface area contributed by atoms with E-state index in [1.807, 2.05) is 47.4 Å². The van der Waals surface area contributed by atoms with Gasteiger partial charge in [-0.05, 0) is 97.5 Å². The number of hydrogen-bond donors (Lipinski definition) is 6. The van der Waals surface area contributed by atoms with Gasteiger partial charge in [-0.2, -0.15) is 0 Å². The lowest BCUT2D eigenvalue weighted by Gasteiger charge is -2.29. The maximum atomic E-state index is 13.0. The summed E-state index contributed by atoms with van der Waals surface area (Å²) >= 11 is 6.25. The maximum absolute atomic E-state index is 13.0. The Morgan fingerprint density at radius 1 is 0.938 bits per heavy atom. The Hall–Kier alpha value is -7.79. The molecule has 17 nitrogen and oxygen atoms in total. The van der Waals surface area contributed by atoms with Crippen LogP contribution in [0.3, 0.4) is 0 Å². The Balaban J connectivity index is 0.000000228. The standard InChI is InChI=1S/C29H31ClN4O5.C17H15N5O.CH3NO/c1-18(28(37)33-11-3-2-4-12-33)17-39-25-9-6-21(30)14-23(25)31-15-19-5-7-22-20(13-19)16-34(29(22)38)24-8-10-26(35)32-27(24)36;18-15(14-16(19)21-10-22-17(14)20)11-6-8-13(9-7-11)23-12-4-2-1-3-5-12;2-1-3/h5-7,9,13-14,24,31H,1-4,8,10-12,15-17H2,(H,32,35,36);1-10,18H,(H4,19,20,21,22);1H,(H2,2,3). The van der Waals surface area contributed by atoms with E-state index in [1.54, 1.807) is 48.5 Å². The molecule has 336 valence electrons. The van der Waals surface area contributed by atoms with Gasteiger partial charge >= 0.3 is 0 Å². The third-order valence-electron chi connectivity index (χ3n) is 10.6. The zero-order chi connectivity index (χ0) is 46.5. The summed E-state index contributed by atoms with van der Waals surface area (Å²) in [6.45, 7) is 6.26. The van der Waals surface area contributed by atoms with Crippen molar-refractivity contribution in [3.8, 4) is 17.2 Å². The van der Waals surface area contributed by atoms with Crippen LogP contribution < -0.4 is 37.3 Å². The molecule has 9 N–H and O–H groups in total. The van der Waals surface area contributed by atoms with Crippen molar-refractivity contribution in [3.05, 3.63) is 142 Å². The van der Waals surface area contributed by atoms with Gasteiger partial charge in [-0.1, -0.05) is 48.5 Å². The molecular weight excluding hydrogens is 852 g/mol. The lowest BCUT2D eigenvalue weighted by molar-refractivity contribution is -0.137. The molecule has 1 atom stereocenters. The van der Waals surface area contributed by atoms with E-state index in [1.165, 1.54) is 11.2 Å². The van der Waals surface area contributed by atoms with Crippen molar-refractivity contribution in [3.63, 3.8) is 0 Å². The molecule has 3 aliphatic rings. The van der Waals surface area contributed by atoms with E-state index >= 15 is 0 Å². The van der Waals surface area contributed by atoms with Crippen LogP contribution in [0.15, 0.2) is 109 Å². The minimum absolute atomic E-state index is 0.0720. The van der Waals surface area contributed by atoms with Gasteiger partial charge in [-0.3, -0.25) is 34.7 Å². The minimum atomic E-state index is -0.646. The number of imide groups is 1. The van der Waals surface area contributed by atoms with Gasteiger partial charge in [0, 0.05) is 54.3 Å². The molecule has 0 bridgehead atoms. The van der Waals surface area contributed by atoms with Gasteiger partial charge in [0.05, 0.1) is 17.0 Å². The summed E-state index contributed by atoms with van der Waals surface area (Å²) in [5.74, 6) is 1.34. The van der Waals surface area contributed by atoms with Crippen LogP contribution >= 0.6 is 11.6 Å². The number of carbonyl (C=O) groups is 5. The van der Waals surface area contributed by atoms with Gasteiger partial charge in [0.1, 0.15) is 47.9 Å². The Bertz CT molecular complexity index is 2550. The largest absolute Gasteiger partial charge is 0.487 e. The van der Waals surface area contributed by atoms with Crippen molar-refractivity contribution in [1.82, 2.24) is 25.1 Å². The van der Waals surface area contributed by atoms with Crippen molar-refractivity contribution in [2.24, 2.45) is 5.73 Å². The number of nitrogens with two attached hydrogens (primary N) is 3. The first-order valence-electron chi connectivity index (χ1n) is 20.7. The molecule has 2 saturated heterocycles. The lowest BCUT2D eigenvalue weighted by atomic mass is 10.0. The summed E-state index contributed by atoms with van der Waals surface area (Å²) < 4.78 is 11.7. The number of benzene rings is 4. The lowest BCUT2D eigenvalue weighted by Crippen LogP contribution is -2.52. The zero-order valence-corrected chi connectivity index (χ0v) is 36.2. The highest BCUT2D eigenvalue weighted by molar-refractivity contribution is 6.31. The molecule has 0 spiro atoms. The summed E-state index contributed by atoms with van der Waals surface area (Å²) in [7, 11) is 0. The first-order chi connectivity index (χ1) is 31.4. The number of ether oxygens (including phenoxy) is 2. The monoisotopic (exact) mass is 900 g/mol. The van der Waals surface area contributed by atoms with Crippen LogP contribution in [0.5, 0.6) is 17.2 Å². The molecule has 1 aromatic heterocycles. The van der Waals surface area contributed by atoms with Gasteiger partial charge in [0.25, 0.3) is 11.8 Å². The summed E-state index contributed by atoms with van der Waals surface area (Å²) in [5.41, 5.74) is 20.3. The second-order valence-corrected chi connectivity index (χ2v) is 15.5. The fraction of sp³-hybridized carbons (Fsp3) is 0.234. The van der Waals surface area contributed by atoms with E-state index in [0.29, 0.717) is 64.0 Å². The van der Waals surface area contributed by atoms with Crippen LogP contribution in [0.4, 0.5) is 17.3 Å². The van der Waals surface area contributed by atoms with Gasteiger partial charge < -0.3 is 41.8 Å². The average Bonchev–Trinajstić information content (AvgIpc) is 3.63. The third-order valence-corrected chi connectivity index (χ3v) is 10.9. The number of anilines is 3. The van der Waals surface area contributed by atoms with Gasteiger partial charge in [0.2, 0.25) is 18.2 Å². The smallest absolute Gasteiger partial charge is 0.255 e. The molecule has 18 heteroatoms. The van der Waals surface area contributed by atoms with Crippen molar-refractivity contribution < 1.29 is 33.4 Å². The number of primary amides is 1. The average molecular weight is 901 g/mol. The van der Waals surface area contributed by atoms with E-state index in [2.05, 4.69) is 32.9 Å². The number of nitrogen functional groups attached to an aromatic ring is 2. The number of likely N-dealkylation sites (tertiary alicyclic amines) is 1. The van der Waals surface area contributed by atoms with Crippen molar-refractivity contribution >= 4 is 64.7 Å². The highest BCUT2D eigenvalue weighted by Crippen LogP contribution is 2.32. The van der Waals surface area contributed by atoms with Crippen LogP contribution in [0.2, 0.25) is 5.02 Å².